The number of sulfonamides is 1. The van der Waals surface area contributed by atoms with Crippen molar-refractivity contribution in [1.82, 2.24) is 4.31 Å². The van der Waals surface area contributed by atoms with Crippen LogP contribution in [0, 0.1) is 0 Å². The lowest BCUT2D eigenvalue weighted by atomic mass is 10.2. The summed E-state index contributed by atoms with van der Waals surface area (Å²) >= 11 is 0. The molecular formula is C10H17NO5S. The van der Waals surface area contributed by atoms with E-state index in [4.69, 9.17) is 9.84 Å². The summed E-state index contributed by atoms with van der Waals surface area (Å²) in [6, 6.07) is -0.896. The first-order chi connectivity index (χ1) is 7.94. The summed E-state index contributed by atoms with van der Waals surface area (Å²) in [7, 11) is -3.55. The van der Waals surface area contributed by atoms with Crippen molar-refractivity contribution in [2.75, 3.05) is 13.2 Å². The molecule has 0 aromatic carbocycles. The lowest BCUT2D eigenvalue weighted by molar-refractivity contribution is -0.140. The molecule has 3 unspecified atom stereocenters. The van der Waals surface area contributed by atoms with Crippen molar-refractivity contribution in [2.24, 2.45) is 0 Å². The van der Waals surface area contributed by atoms with Crippen molar-refractivity contribution in [1.29, 1.82) is 0 Å². The molecule has 3 atom stereocenters. The van der Waals surface area contributed by atoms with Gasteiger partial charge in [0.2, 0.25) is 10.0 Å². The highest BCUT2D eigenvalue weighted by atomic mass is 32.2. The number of carbonyl (C=O) groups is 1. The van der Waals surface area contributed by atoms with Crippen LogP contribution in [-0.4, -0.2) is 54.3 Å². The van der Waals surface area contributed by atoms with Gasteiger partial charge in [0.05, 0.1) is 6.10 Å². The highest BCUT2D eigenvalue weighted by Crippen LogP contribution is 2.29. The van der Waals surface area contributed by atoms with Crippen LogP contribution >= 0.6 is 0 Å². The largest absolute Gasteiger partial charge is 0.480 e. The quantitative estimate of drug-likeness (QED) is 0.777. The Balaban J connectivity index is 2.23. The zero-order valence-electron chi connectivity index (χ0n) is 9.70. The van der Waals surface area contributed by atoms with Crippen molar-refractivity contribution in [3.8, 4) is 0 Å². The zero-order chi connectivity index (χ0) is 12.6. The van der Waals surface area contributed by atoms with Crippen molar-refractivity contribution in [3.05, 3.63) is 0 Å². The van der Waals surface area contributed by atoms with E-state index in [9.17, 15) is 13.2 Å². The molecule has 2 heterocycles. The molecule has 2 saturated heterocycles. The maximum absolute atomic E-state index is 12.3. The van der Waals surface area contributed by atoms with Gasteiger partial charge in [-0.05, 0) is 26.2 Å². The van der Waals surface area contributed by atoms with E-state index in [0.29, 0.717) is 32.4 Å². The van der Waals surface area contributed by atoms with E-state index in [0.717, 1.165) is 4.31 Å². The topological polar surface area (TPSA) is 83.9 Å². The van der Waals surface area contributed by atoms with Gasteiger partial charge in [0.1, 0.15) is 11.3 Å². The van der Waals surface area contributed by atoms with Gasteiger partial charge < -0.3 is 9.84 Å². The van der Waals surface area contributed by atoms with Crippen molar-refractivity contribution >= 4 is 16.0 Å². The number of nitrogens with zero attached hydrogens (tertiary/aromatic N) is 1. The minimum atomic E-state index is -3.55. The minimum absolute atomic E-state index is 0.308. The van der Waals surface area contributed by atoms with Crippen LogP contribution in [-0.2, 0) is 19.6 Å². The molecule has 2 aliphatic rings. The van der Waals surface area contributed by atoms with Crippen molar-refractivity contribution in [2.45, 2.75) is 43.6 Å². The molecule has 0 saturated carbocycles. The highest BCUT2D eigenvalue weighted by molar-refractivity contribution is 7.89. The summed E-state index contributed by atoms with van der Waals surface area (Å²) in [6.45, 7) is 2.46. The molecule has 17 heavy (non-hydrogen) atoms. The molecule has 2 fully saturated rings. The third-order valence-corrected chi connectivity index (χ3v) is 5.98. The molecule has 0 aliphatic carbocycles. The second-order valence-corrected chi connectivity index (χ2v) is 6.66. The fourth-order valence-electron chi connectivity index (χ4n) is 2.57. The molecule has 98 valence electrons. The number of hydrogen-bond donors (Lipinski definition) is 1. The van der Waals surface area contributed by atoms with Crippen molar-refractivity contribution in [3.63, 3.8) is 0 Å². The van der Waals surface area contributed by atoms with Crippen LogP contribution < -0.4 is 0 Å². The van der Waals surface area contributed by atoms with Crippen LogP contribution in [0.1, 0.15) is 26.2 Å². The summed E-state index contributed by atoms with van der Waals surface area (Å²) in [4.78, 5) is 11.0. The van der Waals surface area contributed by atoms with Gasteiger partial charge in [0.15, 0.2) is 0 Å². The number of aliphatic carboxylic acids is 1. The van der Waals surface area contributed by atoms with E-state index in [1.165, 1.54) is 0 Å². The molecule has 2 aliphatic heterocycles. The Labute approximate surface area is 101 Å². The maximum Gasteiger partial charge on any atom is 0.322 e. The van der Waals surface area contributed by atoms with Crippen LogP contribution in [0.25, 0.3) is 0 Å². The average Bonchev–Trinajstić information content (AvgIpc) is 2.84. The van der Waals surface area contributed by atoms with Gasteiger partial charge in [-0.25, -0.2) is 8.42 Å². The first-order valence-corrected chi connectivity index (χ1v) is 7.30. The molecule has 0 amide bonds. The van der Waals surface area contributed by atoms with E-state index in [2.05, 4.69) is 0 Å². The molecule has 6 nitrogen and oxygen atoms in total. The van der Waals surface area contributed by atoms with Gasteiger partial charge in [-0.2, -0.15) is 4.31 Å². The van der Waals surface area contributed by atoms with E-state index >= 15 is 0 Å². The van der Waals surface area contributed by atoms with Gasteiger partial charge in [-0.15, -0.1) is 0 Å². The van der Waals surface area contributed by atoms with Crippen LogP contribution in [0.4, 0.5) is 0 Å². The number of hydrogen-bond acceptors (Lipinski definition) is 4. The van der Waals surface area contributed by atoms with Crippen LogP contribution in [0.5, 0.6) is 0 Å². The third-order valence-electron chi connectivity index (χ3n) is 3.50. The van der Waals surface area contributed by atoms with Gasteiger partial charge in [0.25, 0.3) is 0 Å². The van der Waals surface area contributed by atoms with Crippen LogP contribution in [0.3, 0.4) is 0 Å². The normalized spacial score (nSPS) is 35.2. The first-order valence-electron chi connectivity index (χ1n) is 5.79. The number of rotatable bonds is 3. The summed E-state index contributed by atoms with van der Waals surface area (Å²) in [6.07, 6.45) is 1.11. The Hall–Kier alpha value is -0.660. The Bertz CT molecular complexity index is 407. The molecule has 0 spiro atoms. The lowest BCUT2D eigenvalue weighted by Crippen LogP contribution is -2.46. The third kappa shape index (κ3) is 2.19. The number of ether oxygens (including phenoxy) is 1. The van der Waals surface area contributed by atoms with Crippen molar-refractivity contribution < 1.29 is 23.1 Å². The lowest BCUT2D eigenvalue weighted by Gasteiger charge is -2.25. The first kappa shape index (κ1) is 12.8. The Morgan fingerprint density at radius 3 is 2.65 bits per heavy atom. The van der Waals surface area contributed by atoms with Crippen LogP contribution in [0.2, 0.25) is 0 Å². The van der Waals surface area contributed by atoms with Crippen LogP contribution in [0.15, 0.2) is 0 Å². The molecule has 7 heteroatoms. The van der Waals surface area contributed by atoms with E-state index in [1.54, 1.807) is 6.92 Å². The maximum atomic E-state index is 12.3. The zero-order valence-corrected chi connectivity index (χ0v) is 10.5. The Kier molecular flexibility index (Phi) is 3.42. The summed E-state index contributed by atoms with van der Waals surface area (Å²) in [5.41, 5.74) is 0. The molecule has 0 bridgehead atoms. The molecule has 2 rings (SSSR count). The van der Waals surface area contributed by atoms with Gasteiger partial charge in [-0.1, -0.05) is 0 Å². The number of carboxylic acids is 1. The van der Waals surface area contributed by atoms with Gasteiger partial charge in [0, 0.05) is 13.2 Å². The second-order valence-electron chi connectivity index (χ2n) is 4.55. The number of carboxylic acid groups (broad SMARTS) is 1. The molecule has 0 aromatic rings. The highest BCUT2D eigenvalue weighted by Gasteiger charge is 2.45. The summed E-state index contributed by atoms with van der Waals surface area (Å²) in [5, 5.41) is 8.42. The summed E-state index contributed by atoms with van der Waals surface area (Å²) in [5.74, 6) is -1.06. The van der Waals surface area contributed by atoms with Gasteiger partial charge >= 0.3 is 5.97 Å². The molecule has 0 radical (unpaired) electrons. The predicted molar refractivity (Wildman–Crippen MR) is 60.1 cm³/mol. The van der Waals surface area contributed by atoms with Gasteiger partial charge in [-0.3, -0.25) is 4.79 Å². The molecular weight excluding hydrogens is 246 g/mol. The molecule has 0 aromatic heterocycles. The standard InChI is InChI=1S/C10H17NO5S/c1-7-9(4-6-16-7)17(14,15)11-5-2-3-8(11)10(12)13/h7-9H,2-6H2,1H3,(H,12,13). The fraction of sp³-hybridized carbons (Fsp3) is 0.900. The van der Waals surface area contributed by atoms with E-state index in [-0.39, 0.29) is 6.10 Å². The fourth-order valence-corrected chi connectivity index (χ4v) is 4.81. The monoisotopic (exact) mass is 263 g/mol. The second kappa shape index (κ2) is 4.55. The van der Waals surface area contributed by atoms with E-state index < -0.39 is 27.3 Å². The summed E-state index contributed by atoms with van der Waals surface area (Å²) < 4.78 is 31.1. The smallest absolute Gasteiger partial charge is 0.322 e. The Morgan fingerprint density at radius 2 is 2.12 bits per heavy atom. The van der Waals surface area contributed by atoms with E-state index in [1.807, 2.05) is 0 Å². The SMILES string of the molecule is CC1OCCC1S(=O)(=O)N1CCCC1C(=O)O. The average molecular weight is 263 g/mol. The predicted octanol–water partition coefficient (Wildman–Crippen LogP) is 0.0426. The Morgan fingerprint density at radius 1 is 1.41 bits per heavy atom. The molecule has 1 N–H and O–H groups in total. The minimum Gasteiger partial charge on any atom is -0.480 e.